The topological polar surface area (TPSA) is 103 Å². The van der Waals surface area contributed by atoms with Crippen molar-refractivity contribution in [1.82, 2.24) is 15.3 Å². The largest absolute Gasteiger partial charge is 0.484 e. The molecule has 1 fully saturated rings. The lowest BCUT2D eigenvalue weighted by atomic mass is 10.1. The normalized spacial score (nSPS) is 14.4. The molecule has 2 aliphatic rings. The van der Waals surface area contributed by atoms with Crippen LogP contribution in [-0.4, -0.2) is 54.6 Å². The summed E-state index contributed by atoms with van der Waals surface area (Å²) in [4.78, 5) is 37.9. The standard InChI is InChI=1S/C36H35FN6O3/c37-26-5-4-6-27(20-26)38-15-16-39-34(44)23-46-30-11-7-24(8-12-30)35-40-32-14-10-29(21-33(32)41-35)43-22-25-19-28(9-13-31(25)36(43)45)42-17-2-1-3-18-42/h4-14,19-21,38H,1-3,15-18,22-23H2,(H,39,44)(H,40,41). The summed E-state index contributed by atoms with van der Waals surface area (Å²) in [6.07, 6.45) is 3.71. The van der Waals surface area contributed by atoms with Crippen LogP contribution in [0.3, 0.4) is 0 Å². The molecule has 3 heterocycles. The summed E-state index contributed by atoms with van der Waals surface area (Å²) >= 11 is 0. The first kappa shape index (κ1) is 29.3. The van der Waals surface area contributed by atoms with Crippen LogP contribution in [0.4, 0.5) is 21.5 Å². The number of nitrogens with one attached hydrogen (secondary N) is 3. The molecule has 46 heavy (non-hydrogen) atoms. The van der Waals surface area contributed by atoms with E-state index < -0.39 is 0 Å². The number of aromatic amines is 1. The number of halogens is 1. The number of piperidine rings is 1. The predicted molar refractivity (Wildman–Crippen MR) is 178 cm³/mol. The minimum atomic E-state index is -0.314. The number of benzene rings is 4. The number of rotatable bonds is 10. The summed E-state index contributed by atoms with van der Waals surface area (Å²) in [5.74, 6) is 0.713. The van der Waals surface area contributed by atoms with Gasteiger partial charge in [-0.2, -0.15) is 0 Å². The molecular weight excluding hydrogens is 583 g/mol. The number of fused-ring (bicyclic) bond motifs is 2. The van der Waals surface area contributed by atoms with E-state index in [1.807, 2.05) is 41.3 Å². The monoisotopic (exact) mass is 618 g/mol. The Morgan fingerprint density at radius 1 is 0.913 bits per heavy atom. The zero-order valence-corrected chi connectivity index (χ0v) is 25.4. The summed E-state index contributed by atoms with van der Waals surface area (Å²) in [5.41, 5.74) is 7.04. The predicted octanol–water partition coefficient (Wildman–Crippen LogP) is 6.13. The summed E-state index contributed by atoms with van der Waals surface area (Å²) in [5, 5.41) is 5.83. The van der Waals surface area contributed by atoms with Gasteiger partial charge in [-0.15, -0.1) is 0 Å². The molecule has 0 aliphatic carbocycles. The van der Waals surface area contributed by atoms with Gasteiger partial charge in [-0.05, 0) is 104 Å². The second-order valence-corrected chi connectivity index (χ2v) is 11.7. The van der Waals surface area contributed by atoms with E-state index in [9.17, 15) is 14.0 Å². The Morgan fingerprint density at radius 3 is 2.57 bits per heavy atom. The molecule has 0 radical (unpaired) electrons. The van der Waals surface area contributed by atoms with Crippen LogP contribution < -0.4 is 25.2 Å². The second kappa shape index (κ2) is 12.9. The maximum Gasteiger partial charge on any atom is 0.258 e. The number of nitrogens with zero attached hydrogens (tertiary/aromatic N) is 3. The number of hydrogen-bond donors (Lipinski definition) is 3. The van der Waals surface area contributed by atoms with Gasteiger partial charge in [-0.25, -0.2) is 9.37 Å². The maximum absolute atomic E-state index is 13.3. The van der Waals surface area contributed by atoms with Gasteiger partial charge < -0.3 is 30.2 Å². The van der Waals surface area contributed by atoms with Crippen molar-refractivity contribution in [3.63, 3.8) is 0 Å². The molecule has 0 spiro atoms. The van der Waals surface area contributed by atoms with Crippen molar-refractivity contribution in [3.05, 3.63) is 102 Å². The number of amides is 2. The third-order valence-corrected chi connectivity index (χ3v) is 8.49. The van der Waals surface area contributed by atoms with Crippen molar-refractivity contribution in [2.24, 2.45) is 0 Å². The van der Waals surface area contributed by atoms with E-state index in [2.05, 4.69) is 32.7 Å². The van der Waals surface area contributed by atoms with Gasteiger partial charge >= 0.3 is 0 Å². The molecule has 10 heteroatoms. The van der Waals surface area contributed by atoms with E-state index in [0.29, 0.717) is 36.9 Å². The molecule has 9 nitrogen and oxygen atoms in total. The average Bonchev–Trinajstić information content (AvgIpc) is 3.66. The SMILES string of the molecule is O=C(COc1ccc(-c2nc3ccc(N4Cc5cc(N6CCCCC6)ccc5C4=O)cc3[nH]2)cc1)NCCNc1cccc(F)c1. The molecule has 4 aromatic carbocycles. The van der Waals surface area contributed by atoms with Crippen molar-refractivity contribution >= 4 is 39.9 Å². The van der Waals surface area contributed by atoms with Gasteiger partial charge in [-0.1, -0.05) is 6.07 Å². The Labute approximate surface area is 266 Å². The smallest absolute Gasteiger partial charge is 0.258 e. The highest BCUT2D eigenvalue weighted by Crippen LogP contribution is 2.33. The van der Waals surface area contributed by atoms with E-state index >= 15 is 0 Å². The molecule has 0 unspecified atom stereocenters. The number of anilines is 3. The number of ether oxygens (including phenoxy) is 1. The van der Waals surface area contributed by atoms with Crippen LogP contribution in [-0.2, 0) is 11.3 Å². The lowest BCUT2D eigenvalue weighted by Gasteiger charge is -2.29. The van der Waals surface area contributed by atoms with Gasteiger partial charge in [0.15, 0.2) is 6.61 Å². The minimum absolute atomic E-state index is 0.0177. The minimum Gasteiger partial charge on any atom is -0.484 e. The molecule has 1 aromatic heterocycles. The zero-order chi connectivity index (χ0) is 31.5. The first-order valence-corrected chi connectivity index (χ1v) is 15.7. The van der Waals surface area contributed by atoms with Crippen LogP contribution in [0.25, 0.3) is 22.4 Å². The molecule has 7 rings (SSSR count). The summed E-state index contributed by atoms with van der Waals surface area (Å²) in [6.45, 7) is 3.41. The highest BCUT2D eigenvalue weighted by Gasteiger charge is 2.29. The van der Waals surface area contributed by atoms with Crippen LogP contribution in [0.15, 0.2) is 84.9 Å². The Bertz CT molecular complexity index is 1880. The van der Waals surface area contributed by atoms with E-state index in [0.717, 1.165) is 46.5 Å². The first-order chi connectivity index (χ1) is 22.5. The third kappa shape index (κ3) is 6.37. The lowest BCUT2D eigenvalue weighted by molar-refractivity contribution is -0.123. The van der Waals surface area contributed by atoms with Gasteiger partial charge in [-0.3, -0.25) is 9.59 Å². The second-order valence-electron chi connectivity index (χ2n) is 11.7. The fourth-order valence-corrected chi connectivity index (χ4v) is 6.08. The first-order valence-electron chi connectivity index (χ1n) is 15.7. The molecule has 0 bridgehead atoms. The zero-order valence-electron chi connectivity index (χ0n) is 25.4. The van der Waals surface area contributed by atoms with E-state index in [4.69, 9.17) is 9.72 Å². The van der Waals surface area contributed by atoms with Gasteiger partial charge in [0.25, 0.3) is 11.8 Å². The van der Waals surface area contributed by atoms with E-state index in [1.165, 1.54) is 37.1 Å². The van der Waals surface area contributed by atoms with Gasteiger partial charge in [0, 0.05) is 54.4 Å². The van der Waals surface area contributed by atoms with Crippen LogP contribution in [0, 0.1) is 5.82 Å². The third-order valence-electron chi connectivity index (χ3n) is 8.49. The van der Waals surface area contributed by atoms with Crippen LogP contribution in [0.2, 0.25) is 0 Å². The number of carbonyl (C=O) groups is 2. The van der Waals surface area contributed by atoms with Crippen molar-refractivity contribution in [2.45, 2.75) is 25.8 Å². The Hall–Kier alpha value is -5.38. The number of carbonyl (C=O) groups excluding carboxylic acids is 2. The summed E-state index contributed by atoms with van der Waals surface area (Å²) in [7, 11) is 0. The molecular formula is C36H35FN6O3. The molecule has 2 aliphatic heterocycles. The fraction of sp³-hybridized carbons (Fsp3) is 0.250. The van der Waals surface area contributed by atoms with Gasteiger partial charge in [0.2, 0.25) is 0 Å². The summed E-state index contributed by atoms with van der Waals surface area (Å²) < 4.78 is 18.9. The maximum atomic E-state index is 13.3. The van der Waals surface area contributed by atoms with Crippen LogP contribution in [0.5, 0.6) is 5.75 Å². The molecule has 0 atom stereocenters. The molecule has 2 amide bonds. The Morgan fingerprint density at radius 2 is 1.74 bits per heavy atom. The highest BCUT2D eigenvalue weighted by molar-refractivity contribution is 6.10. The van der Waals surface area contributed by atoms with E-state index in [1.54, 1.807) is 24.3 Å². The number of aromatic nitrogens is 2. The van der Waals surface area contributed by atoms with Gasteiger partial charge in [0.05, 0.1) is 17.6 Å². The van der Waals surface area contributed by atoms with E-state index in [-0.39, 0.29) is 24.2 Å². The molecule has 234 valence electrons. The lowest BCUT2D eigenvalue weighted by Crippen LogP contribution is -2.32. The molecule has 3 N–H and O–H groups in total. The molecule has 5 aromatic rings. The quantitative estimate of drug-likeness (QED) is 0.163. The van der Waals surface area contributed by atoms with Crippen molar-refractivity contribution in [3.8, 4) is 17.1 Å². The van der Waals surface area contributed by atoms with Crippen LogP contribution >= 0.6 is 0 Å². The molecule has 0 saturated carbocycles. The number of H-pyrrole nitrogens is 1. The number of hydrogen-bond acceptors (Lipinski definition) is 6. The van der Waals surface area contributed by atoms with Crippen molar-refractivity contribution < 1.29 is 18.7 Å². The van der Waals surface area contributed by atoms with Crippen molar-refractivity contribution in [2.75, 3.05) is 47.9 Å². The highest BCUT2D eigenvalue weighted by atomic mass is 19.1. The average molecular weight is 619 g/mol. The van der Waals surface area contributed by atoms with Crippen molar-refractivity contribution in [1.29, 1.82) is 0 Å². The molecule has 1 saturated heterocycles. The Balaban J connectivity index is 0.943. The summed E-state index contributed by atoms with van der Waals surface area (Å²) in [6, 6.07) is 25.6. The van der Waals surface area contributed by atoms with Gasteiger partial charge in [0.1, 0.15) is 17.4 Å². The Kier molecular flexibility index (Phi) is 8.24. The van der Waals surface area contributed by atoms with Crippen LogP contribution in [0.1, 0.15) is 35.2 Å². The number of imidazole rings is 1. The fourth-order valence-electron chi connectivity index (χ4n) is 6.08.